The Labute approximate surface area is 147 Å². The molecule has 1 aromatic carbocycles. The minimum atomic E-state index is -0.321. The molecule has 0 aliphatic carbocycles. The Kier molecular flexibility index (Phi) is 5.06. The highest BCUT2D eigenvalue weighted by atomic mass is 19.1. The molecule has 134 valence electrons. The van der Waals surface area contributed by atoms with Crippen molar-refractivity contribution in [1.29, 1.82) is 0 Å². The quantitative estimate of drug-likeness (QED) is 0.905. The van der Waals surface area contributed by atoms with Crippen LogP contribution in [0.25, 0.3) is 0 Å². The number of carbonyl (C=O) groups excluding carboxylic acids is 1. The molecule has 25 heavy (non-hydrogen) atoms. The minimum Gasteiger partial charge on any atom is -0.371 e. The number of nitrogens with one attached hydrogen (secondary N) is 1. The molecule has 1 aliphatic rings. The first kappa shape index (κ1) is 17.5. The molecular formula is C19H25FN4O. The second kappa shape index (κ2) is 7.25. The fraction of sp³-hybridized carbons (Fsp3) is 0.474. The average Bonchev–Trinajstić information content (AvgIpc) is 3.15. The molecule has 1 N–H and O–H groups in total. The SMILES string of the molecule is Cc1nn(C)c(C)c1CCC(=O)Nc1cc(F)cc(N2CCCC2)c1. The molecule has 3 rings (SSSR count). The maximum Gasteiger partial charge on any atom is 0.224 e. The zero-order chi connectivity index (χ0) is 18.0. The van der Waals surface area contributed by atoms with Crippen LogP contribution in [0.5, 0.6) is 0 Å². The molecule has 5 nitrogen and oxygen atoms in total. The van der Waals surface area contributed by atoms with E-state index in [9.17, 15) is 9.18 Å². The summed E-state index contributed by atoms with van der Waals surface area (Å²) in [6, 6.07) is 4.76. The van der Waals surface area contributed by atoms with Gasteiger partial charge in [0.05, 0.1) is 5.69 Å². The molecule has 0 spiro atoms. The van der Waals surface area contributed by atoms with Crippen molar-refractivity contribution in [1.82, 2.24) is 9.78 Å². The number of halogens is 1. The lowest BCUT2D eigenvalue weighted by molar-refractivity contribution is -0.116. The summed E-state index contributed by atoms with van der Waals surface area (Å²) in [7, 11) is 1.90. The molecule has 1 aliphatic heterocycles. The van der Waals surface area contributed by atoms with Crippen LogP contribution < -0.4 is 10.2 Å². The first-order valence-corrected chi connectivity index (χ1v) is 8.78. The number of aromatic nitrogens is 2. The highest BCUT2D eigenvalue weighted by molar-refractivity contribution is 5.91. The van der Waals surface area contributed by atoms with Crippen LogP contribution in [0.4, 0.5) is 15.8 Å². The van der Waals surface area contributed by atoms with Crippen LogP contribution in [-0.2, 0) is 18.3 Å². The Morgan fingerprint density at radius 2 is 1.96 bits per heavy atom. The van der Waals surface area contributed by atoms with E-state index in [1.54, 1.807) is 0 Å². The number of rotatable bonds is 5. The van der Waals surface area contributed by atoms with E-state index < -0.39 is 0 Å². The van der Waals surface area contributed by atoms with Crippen LogP contribution >= 0.6 is 0 Å². The molecule has 1 aromatic heterocycles. The van der Waals surface area contributed by atoms with Gasteiger partial charge < -0.3 is 10.2 Å². The number of nitrogens with zero attached hydrogens (tertiary/aromatic N) is 3. The lowest BCUT2D eigenvalue weighted by Gasteiger charge is -2.18. The van der Waals surface area contributed by atoms with Gasteiger partial charge in [-0.05, 0) is 56.9 Å². The van der Waals surface area contributed by atoms with Gasteiger partial charge in [0.25, 0.3) is 0 Å². The van der Waals surface area contributed by atoms with E-state index in [0.717, 1.165) is 48.6 Å². The number of hydrogen-bond donors (Lipinski definition) is 1. The van der Waals surface area contributed by atoms with E-state index in [4.69, 9.17) is 0 Å². The van der Waals surface area contributed by atoms with Crippen molar-refractivity contribution < 1.29 is 9.18 Å². The van der Waals surface area contributed by atoms with E-state index in [-0.39, 0.29) is 11.7 Å². The Balaban J connectivity index is 1.64. The lowest BCUT2D eigenvalue weighted by Crippen LogP contribution is -2.18. The van der Waals surface area contributed by atoms with Gasteiger partial charge in [0.1, 0.15) is 5.82 Å². The first-order valence-electron chi connectivity index (χ1n) is 8.78. The van der Waals surface area contributed by atoms with E-state index in [0.29, 0.717) is 18.5 Å². The number of benzene rings is 1. The van der Waals surface area contributed by atoms with Gasteiger partial charge in [-0.3, -0.25) is 9.48 Å². The molecule has 2 aromatic rings. The van der Waals surface area contributed by atoms with E-state index >= 15 is 0 Å². The van der Waals surface area contributed by atoms with Crippen LogP contribution in [0, 0.1) is 19.7 Å². The van der Waals surface area contributed by atoms with Gasteiger partial charge in [-0.1, -0.05) is 0 Å². The molecule has 0 atom stereocenters. The minimum absolute atomic E-state index is 0.111. The Morgan fingerprint density at radius 1 is 1.24 bits per heavy atom. The van der Waals surface area contributed by atoms with Crippen molar-refractivity contribution in [2.45, 2.75) is 39.5 Å². The van der Waals surface area contributed by atoms with Gasteiger partial charge in [0.2, 0.25) is 5.91 Å². The van der Waals surface area contributed by atoms with Crippen LogP contribution in [0.1, 0.15) is 36.2 Å². The fourth-order valence-electron chi connectivity index (χ4n) is 3.45. The smallest absolute Gasteiger partial charge is 0.224 e. The van der Waals surface area contributed by atoms with Crippen molar-refractivity contribution in [2.75, 3.05) is 23.3 Å². The predicted octanol–water partition coefficient (Wildman–Crippen LogP) is 3.35. The number of aryl methyl sites for hydroxylation is 2. The monoisotopic (exact) mass is 344 g/mol. The second-order valence-electron chi connectivity index (χ2n) is 6.71. The number of carbonyl (C=O) groups is 1. The maximum absolute atomic E-state index is 13.9. The normalized spacial score (nSPS) is 14.2. The van der Waals surface area contributed by atoms with Crippen LogP contribution in [0.15, 0.2) is 18.2 Å². The van der Waals surface area contributed by atoms with Crippen LogP contribution in [0.2, 0.25) is 0 Å². The van der Waals surface area contributed by atoms with Crippen molar-refractivity contribution in [2.24, 2.45) is 7.05 Å². The molecule has 0 radical (unpaired) electrons. The van der Waals surface area contributed by atoms with Crippen molar-refractivity contribution in [3.05, 3.63) is 41.0 Å². The van der Waals surface area contributed by atoms with Gasteiger partial charge in [0.15, 0.2) is 0 Å². The van der Waals surface area contributed by atoms with Gasteiger partial charge in [-0.25, -0.2) is 4.39 Å². The van der Waals surface area contributed by atoms with E-state index in [1.165, 1.54) is 12.1 Å². The molecule has 0 unspecified atom stereocenters. The molecule has 1 fully saturated rings. The third kappa shape index (κ3) is 4.00. The third-order valence-electron chi connectivity index (χ3n) is 4.90. The van der Waals surface area contributed by atoms with E-state index in [1.807, 2.05) is 31.6 Å². The lowest BCUT2D eigenvalue weighted by atomic mass is 10.1. The third-order valence-corrected chi connectivity index (χ3v) is 4.90. The molecular weight excluding hydrogens is 319 g/mol. The number of anilines is 2. The summed E-state index contributed by atoms with van der Waals surface area (Å²) < 4.78 is 15.7. The summed E-state index contributed by atoms with van der Waals surface area (Å²) in [6.07, 6.45) is 3.23. The maximum atomic E-state index is 13.9. The summed E-state index contributed by atoms with van der Waals surface area (Å²) >= 11 is 0. The predicted molar refractivity (Wildman–Crippen MR) is 97.5 cm³/mol. The molecule has 0 saturated carbocycles. The number of amides is 1. The zero-order valence-electron chi connectivity index (χ0n) is 15.1. The van der Waals surface area contributed by atoms with Gasteiger partial charge in [-0.2, -0.15) is 5.10 Å². The average molecular weight is 344 g/mol. The molecule has 2 heterocycles. The van der Waals surface area contributed by atoms with Gasteiger partial charge in [-0.15, -0.1) is 0 Å². The second-order valence-corrected chi connectivity index (χ2v) is 6.71. The number of hydrogen-bond acceptors (Lipinski definition) is 3. The van der Waals surface area contributed by atoms with Crippen molar-refractivity contribution >= 4 is 17.3 Å². The summed E-state index contributed by atoms with van der Waals surface area (Å²) in [5.74, 6) is -0.431. The summed E-state index contributed by atoms with van der Waals surface area (Å²) in [4.78, 5) is 14.4. The fourth-order valence-corrected chi connectivity index (χ4v) is 3.45. The highest BCUT2D eigenvalue weighted by Gasteiger charge is 2.15. The molecule has 0 bridgehead atoms. The largest absolute Gasteiger partial charge is 0.371 e. The Hall–Kier alpha value is -2.37. The van der Waals surface area contributed by atoms with E-state index in [2.05, 4.69) is 15.3 Å². The highest BCUT2D eigenvalue weighted by Crippen LogP contribution is 2.25. The molecule has 1 saturated heterocycles. The van der Waals surface area contributed by atoms with Crippen molar-refractivity contribution in [3.8, 4) is 0 Å². The van der Waals surface area contributed by atoms with Gasteiger partial charge in [0, 0.05) is 43.6 Å². The van der Waals surface area contributed by atoms with Crippen LogP contribution in [0.3, 0.4) is 0 Å². The summed E-state index contributed by atoms with van der Waals surface area (Å²) in [5, 5.41) is 7.20. The molecule has 1 amide bonds. The first-order chi connectivity index (χ1) is 11.9. The zero-order valence-corrected chi connectivity index (χ0v) is 15.1. The Morgan fingerprint density at radius 3 is 2.60 bits per heavy atom. The van der Waals surface area contributed by atoms with Crippen molar-refractivity contribution in [3.63, 3.8) is 0 Å². The van der Waals surface area contributed by atoms with Gasteiger partial charge >= 0.3 is 0 Å². The summed E-state index contributed by atoms with van der Waals surface area (Å²) in [6.45, 7) is 5.84. The summed E-state index contributed by atoms with van der Waals surface area (Å²) in [5.41, 5.74) is 4.50. The van der Waals surface area contributed by atoms with Crippen LogP contribution in [-0.4, -0.2) is 28.8 Å². The topological polar surface area (TPSA) is 50.2 Å². The Bertz CT molecular complexity index is 778. The molecule has 6 heteroatoms. The standard InChI is InChI=1S/C19H25FN4O/c1-13-18(14(2)23(3)22-13)6-7-19(25)21-16-10-15(20)11-17(12-16)24-8-4-5-9-24/h10-12H,4-9H2,1-3H3,(H,21,25).